The van der Waals surface area contributed by atoms with Gasteiger partial charge in [-0.15, -0.1) is 0 Å². The van der Waals surface area contributed by atoms with Crippen LogP contribution >= 0.6 is 31.9 Å². The summed E-state index contributed by atoms with van der Waals surface area (Å²) in [5, 5.41) is 3.04. The molecular weight excluding hydrogens is 368 g/mol. The van der Waals surface area contributed by atoms with Crippen LogP contribution in [-0.2, 0) is 6.54 Å². The van der Waals surface area contributed by atoms with E-state index in [1.54, 1.807) is 18.2 Å². The summed E-state index contributed by atoms with van der Waals surface area (Å²) in [6, 6.07) is 9.23. The lowest BCUT2D eigenvalue weighted by Crippen LogP contribution is -2.01. The van der Waals surface area contributed by atoms with Crippen molar-refractivity contribution in [1.82, 2.24) is 0 Å². The fraction of sp³-hybridized carbons (Fsp3) is 0.0769. The Morgan fingerprint density at radius 2 is 1.67 bits per heavy atom. The molecular formula is C13H9Br2F2N. The summed E-state index contributed by atoms with van der Waals surface area (Å²) in [5.74, 6) is -0.629. The monoisotopic (exact) mass is 375 g/mol. The van der Waals surface area contributed by atoms with Gasteiger partial charge in [0.25, 0.3) is 0 Å². The van der Waals surface area contributed by atoms with E-state index in [-0.39, 0.29) is 11.6 Å². The molecule has 0 unspecified atom stereocenters. The number of anilines is 1. The second-order valence-electron chi connectivity index (χ2n) is 3.72. The molecule has 0 fully saturated rings. The van der Waals surface area contributed by atoms with Gasteiger partial charge in [-0.2, -0.15) is 0 Å². The predicted molar refractivity (Wildman–Crippen MR) is 75.5 cm³/mol. The van der Waals surface area contributed by atoms with Crippen LogP contribution in [0, 0.1) is 11.6 Å². The highest BCUT2D eigenvalue weighted by Crippen LogP contribution is 2.22. The highest BCUT2D eigenvalue weighted by Gasteiger charge is 2.03. The van der Waals surface area contributed by atoms with Crippen LogP contribution in [0.5, 0.6) is 0 Å². The summed E-state index contributed by atoms with van der Waals surface area (Å²) < 4.78 is 27.6. The zero-order chi connectivity index (χ0) is 13.1. The van der Waals surface area contributed by atoms with Gasteiger partial charge >= 0.3 is 0 Å². The first-order chi connectivity index (χ1) is 8.56. The van der Waals surface area contributed by atoms with Crippen molar-refractivity contribution in [3.63, 3.8) is 0 Å². The maximum absolute atomic E-state index is 13.3. The smallest absolute Gasteiger partial charge is 0.139 e. The lowest BCUT2D eigenvalue weighted by atomic mass is 10.2. The third kappa shape index (κ3) is 3.29. The first-order valence-corrected chi connectivity index (χ1v) is 6.78. The Balaban J connectivity index is 2.11. The Bertz CT molecular complexity index is 573. The van der Waals surface area contributed by atoms with Crippen LogP contribution in [0.15, 0.2) is 45.3 Å². The number of benzene rings is 2. The van der Waals surface area contributed by atoms with Crippen molar-refractivity contribution < 1.29 is 8.78 Å². The first-order valence-electron chi connectivity index (χ1n) is 5.19. The Morgan fingerprint density at radius 1 is 0.944 bits per heavy atom. The van der Waals surface area contributed by atoms with Crippen LogP contribution in [-0.4, -0.2) is 0 Å². The van der Waals surface area contributed by atoms with Crippen LogP contribution in [0.25, 0.3) is 0 Å². The number of hydrogen-bond acceptors (Lipinski definition) is 1. The molecule has 5 heteroatoms. The molecule has 94 valence electrons. The topological polar surface area (TPSA) is 12.0 Å². The second-order valence-corrected chi connectivity index (χ2v) is 5.43. The Morgan fingerprint density at radius 3 is 2.39 bits per heavy atom. The Kier molecular flexibility index (Phi) is 4.35. The molecule has 0 aliphatic rings. The lowest BCUT2D eigenvalue weighted by molar-refractivity contribution is 0.621. The van der Waals surface area contributed by atoms with Gasteiger partial charge in [0.1, 0.15) is 11.6 Å². The SMILES string of the molecule is Fc1ccc(Br)c(CNc2ccc(Br)c(F)c2)c1. The zero-order valence-electron chi connectivity index (χ0n) is 9.18. The van der Waals surface area contributed by atoms with Crippen molar-refractivity contribution in [2.45, 2.75) is 6.54 Å². The summed E-state index contributed by atoms with van der Waals surface area (Å²) in [4.78, 5) is 0. The van der Waals surface area contributed by atoms with Gasteiger partial charge in [-0.05, 0) is 57.9 Å². The van der Waals surface area contributed by atoms with Crippen LogP contribution < -0.4 is 5.32 Å². The molecule has 1 nitrogen and oxygen atoms in total. The molecule has 0 bridgehead atoms. The van der Waals surface area contributed by atoms with Crippen LogP contribution in [0.1, 0.15) is 5.56 Å². The molecule has 0 aliphatic carbocycles. The molecule has 2 aromatic carbocycles. The molecule has 0 spiro atoms. The van der Waals surface area contributed by atoms with E-state index in [9.17, 15) is 8.78 Å². The van der Waals surface area contributed by atoms with Crippen molar-refractivity contribution in [3.8, 4) is 0 Å². The molecule has 0 saturated heterocycles. The number of rotatable bonds is 3. The van der Waals surface area contributed by atoms with E-state index < -0.39 is 0 Å². The highest BCUT2D eigenvalue weighted by molar-refractivity contribution is 9.10. The van der Waals surface area contributed by atoms with Gasteiger partial charge < -0.3 is 5.32 Å². The summed E-state index contributed by atoms with van der Waals surface area (Å²) in [5.41, 5.74) is 1.42. The van der Waals surface area contributed by atoms with E-state index in [0.717, 1.165) is 10.0 Å². The van der Waals surface area contributed by atoms with Crippen LogP contribution in [0.3, 0.4) is 0 Å². The normalized spacial score (nSPS) is 10.4. The minimum absolute atomic E-state index is 0.294. The lowest BCUT2D eigenvalue weighted by Gasteiger charge is -2.09. The third-order valence-electron chi connectivity index (χ3n) is 2.41. The summed E-state index contributed by atoms with van der Waals surface area (Å²) in [6.07, 6.45) is 0. The van der Waals surface area contributed by atoms with Crippen molar-refractivity contribution in [2.24, 2.45) is 0 Å². The maximum Gasteiger partial charge on any atom is 0.139 e. The average Bonchev–Trinajstić information content (AvgIpc) is 2.34. The third-order valence-corrected chi connectivity index (χ3v) is 3.83. The number of nitrogens with one attached hydrogen (secondary N) is 1. The molecule has 0 radical (unpaired) electrons. The quantitative estimate of drug-likeness (QED) is 0.785. The van der Waals surface area contributed by atoms with Crippen LogP contribution in [0.2, 0.25) is 0 Å². The minimum Gasteiger partial charge on any atom is -0.381 e. The molecule has 18 heavy (non-hydrogen) atoms. The number of halogens is 4. The van der Waals surface area contributed by atoms with Gasteiger partial charge in [0.2, 0.25) is 0 Å². The van der Waals surface area contributed by atoms with Gasteiger partial charge in [-0.1, -0.05) is 15.9 Å². The second kappa shape index (κ2) is 5.80. The molecule has 2 aromatic rings. The minimum atomic E-state index is -0.335. The molecule has 0 saturated carbocycles. The standard InChI is InChI=1S/C13H9Br2F2N/c14-11-3-1-9(16)5-8(11)7-18-10-2-4-12(15)13(17)6-10/h1-6,18H,7H2. The van der Waals surface area contributed by atoms with Crippen molar-refractivity contribution in [3.05, 3.63) is 62.5 Å². The highest BCUT2D eigenvalue weighted by atomic mass is 79.9. The van der Waals surface area contributed by atoms with Gasteiger partial charge in [-0.3, -0.25) is 0 Å². The van der Waals surface area contributed by atoms with Crippen LogP contribution in [0.4, 0.5) is 14.5 Å². The van der Waals surface area contributed by atoms with Gasteiger partial charge in [0, 0.05) is 16.7 Å². The Labute approximate surface area is 120 Å². The Hall–Kier alpha value is -0.940. The molecule has 0 amide bonds. The van der Waals surface area contributed by atoms with E-state index in [1.165, 1.54) is 18.2 Å². The van der Waals surface area contributed by atoms with E-state index in [0.29, 0.717) is 16.7 Å². The van der Waals surface area contributed by atoms with E-state index in [2.05, 4.69) is 37.2 Å². The van der Waals surface area contributed by atoms with E-state index >= 15 is 0 Å². The fourth-order valence-corrected chi connectivity index (χ4v) is 2.12. The van der Waals surface area contributed by atoms with Gasteiger partial charge in [0.05, 0.1) is 4.47 Å². The molecule has 1 N–H and O–H groups in total. The fourth-order valence-electron chi connectivity index (χ4n) is 1.48. The molecule has 2 rings (SSSR count). The van der Waals surface area contributed by atoms with Crippen molar-refractivity contribution in [2.75, 3.05) is 5.32 Å². The zero-order valence-corrected chi connectivity index (χ0v) is 12.4. The van der Waals surface area contributed by atoms with Gasteiger partial charge in [-0.25, -0.2) is 8.78 Å². The van der Waals surface area contributed by atoms with Crippen molar-refractivity contribution >= 4 is 37.5 Å². The van der Waals surface area contributed by atoms with Gasteiger partial charge in [0.15, 0.2) is 0 Å². The summed E-state index contributed by atoms with van der Waals surface area (Å²) in [7, 11) is 0. The molecule has 0 aromatic heterocycles. The summed E-state index contributed by atoms with van der Waals surface area (Å²) >= 11 is 6.43. The largest absolute Gasteiger partial charge is 0.381 e. The number of hydrogen-bond donors (Lipinski definition) is 1. The summed E-state index contributed by atoms with van der Waals surface area (Å²) in [6.45, 7) is 0.416. The first kappa shape index (κ1) is 13.5. The predicted octanol–water partition coefficient (Wildman–Crippen LogP) is 5.10. The maximum atomic E-state index is 13.3. The van der Waals surface area contributed by atoms with E-state index in [4.69, 9.17) is 0 Å². The average molecular weight is 377 g/mol. The van der Waals surface area contributed by atoms with E-state index in [1.807, 2.05) is 0 Å². The molecule has 0 heterocycles. The van der Waals surface area contributed by atoms with Crippen molar-refractivity contribution in [1.29, 1.82) is 0 Å². The molecule has 0 atom stereocenters. The molecule has 0 aliphatic heterocycles.